The van der Waals surface area contributed by atoms with Gasteiger partial charge in [-0.2, -0.15) is 0 Å². The van der Waals surface area contributed by atoms with Crippen molar-refractivity contribution >= 4 is 34.4 Å². The van der Waals surface area contributed by atoms with Gasteiger partial charge >= 0.3 is 0 Å². The third-order valence-electron chi connectivity index (χ3n) is 2.26. The molecule has 0 aliphatic rings. The SMILES string of the molecule is CN(Cc1cccc(Cl)c1)c1ncc(C=O)s1. The maximum absolute atomic E-state index is 10.6. The maximum Gasteiger partial charge on any atom is 0.185 e. The molecule has 0 unspecified atom stereocenters. The molecule has 0 fully saturated rings. The first kappa shape index (κ1) is 12.1. The number of thiazole rings is 1. The van der Waals surface area contributed by atoms with Crippen LogP contribution in [0, 0.1) is 0 Å². The van der Waals surface area contributed by atoms with E-state index in [9.17, 15) is 4.79 Å². The Balaban J connectivity index is 2.10. The van der Waals surface area contributed by atoms with Crippen molar-refractivity contribution in [2.75, 3.05) is 11.9 Å². The van der Waals surface area contributed by atoms with Crippen molar-refractivity contribution in [3.8, 4) is 0 Å². The van der Waals surface area contributed by atoms with Gasteiger partial charge in [-0.15, -0.1) is 0 Å². The van der Waals surface area contributed by atoms with Crippen LogP contribution in [0.1, 0.15) is 15.2 Å². The molecule has 0 saturated carbocycles. The standard InChI is InChI=1S/C12H11ClN2OS/c1-15(12-14-6-11(8-16)17-12)7-9-3-2-4-10(13)5-9/h2-6,8H,7H2,1H3. The Morgan fingerprint density at radius 1 is 1.53 bits per heavy atom. The zero-order chi connectivity index (χ0) is 12.3. The molecule has 0 radical (unpaired) electrons. The van der Waals surface area contributed by atoms with Crippen LogP contribution >= 0.6 is 22.9 Å². The summed E-state index contributed by atoms with van der Waals surface area (Å²) in [6.07, 6.45) is 2.40. The smallest absolute Gasteiger partial charge is 0.185 e. The van der Waals surface area contributed by atoms with Crippen LogP contribution in [-0.2, 0) is 6.54 Å². The van der Waals surface area contributed by atoms with Gasteiger partial charge in [0.05, 0.1) is 11.1 Å². The van der Waals surface area contributed by atoms with Gasteiger partial charge in [0.1, 0.15) is 0 Å². The van der Waals surface area contributed by atoms with Crippen LogP contribution in [-0.4, -0.2) is 18.3 Å². The maximum atomic E-state index is 10.6. The van der Waals surface area contributed by atoms with Gasteiger partial charge in [0, 0.05) is 18.6 Å². The van der Waals surface area contributed by atoms with E-state index >= 15 is 0 Å². The lowest BCUT2D eigenvalue weighted by Gasteiger charge is -2.15. The number of carbonyl (C=O) groups is 1. The van der Waals surface area contributed by atoms with Crippen LogP contribution < -0.4 is 4.90 Å². The Bertz CT molecular complexity index is 527. The number of aromatic nitrogens is 1. The van der Waals surface area contributed by atoms with Crippen molar-refractivity contribution in [1.82, 2.24) is 4.98 Å². The van der Waals surface area contributed by atoms with Crippen molar-refractivity contribution in [2.45, 2.75) is 6.54 Å². The number of benzene rings is 1. The molecular weight excluding hydrogens is 256 g/mol. The number of carbonyl (C=O) groups excluding carboxylic acids is 1. The second kappa shape index (κ2) is 5.29. The number of hydrogen-bond donors (Lipinski definition) is 0. The molecule has 1 aromatic heterocycles. The zero-order valence-corrected chi connectivity index (χ0v) is 10.8. The minimum absolute atomic E-state index is 0.637. The quantitative estimate of drug-likeness (QED) is 0.797. The number of aldehydes is 1. The highest BCUT2D eigenvalue weighted by Crippen LogP contribution is 2.22. The fourth-order valence-corrected chi connectivity index (χ4v) is 2.39. The highest BCUT2D eigenvalue weighted by atomic mass is 35.5. The monoisotopic (exact) mass is 266 g/mol. The first-order valence-electron chi connectivity index (χ1n) is 5.05. The Hall–Kier alpha value is -1.39. The average molecular weight is 267 g/mol. The van der Waals surface area contributed by atoms with Gasteiger partial charge in [0.2, 0.25) is 0 Å². The predicted molar refractivity (Wildman–Crippen MR) is 71.1 cm³/mol. The second-order valence-electron chi connectivity index (χ2n) is 3.65. The molecule has 0 saturated heterocycles. The molecule has 1 heterocycles. The Kier molecular flexibility index (Phi) is 3.76. The lowest BCUT2D eigenvalue weighted by Crippen LogP contribution is -2.15. The van der Waals surface area contributed by atoms with Gasteiger partial charge in [0.15, 0.2) is 11.4 Å². The summed E-state index contributed by atoms with van der Waals surface area (Å²) in [5.74, 6) is 0. The van der Waals surface area contributed by atoms with E-state index in [1.54, 1.807) is 6.20 Å². The summed E-state index contributed by atoms with van der Waals surface area (Å²) in [4.78, 5) is 17.4. The fourth-order valence-electron chi connectivity index (χ4n) is 1.48. The fraction of sp³-hybridized carbons (Fsp3) is 0.167. The van der Waals surface area contributed by atoms with Gasteiger partial charge in [0.25, 0.3) is 0 Å². The highest BCUT2D eigenvalue weighted by molar-refractivity contribution is 7.17. The van der Waals surface area contributed by atoms with E-state index in [0.717, 1.165) is 22.0 Å². The van der Waals surface area contributed by atoms with E-state index in [1.165, 1.54) is 11.3 Å². The van der Waals surface area contributed by atoms with E-state index in [2.05, 4.69) is 4.98 Å². The Labute approximate surface area is 109 Å². The van der Waals surface area contributed by atoms with Crippen LogP contribution in [0.15, 0.2) is 30.5 Å². The first-order valence-corrected chi connectivity index (χ1v) is 6.25. The van der Waals surface area contributed by atoms with E-state index in [1.807, 2.05) is 36.2 Å². The molecule has 0 spiro atoms. The Morgan fingerprint density at radius 2 is 2.35 bits per heavy atom. The van der Waals surface area contributed by atoms with E-state index < -0.39 is 0 Å². The van der Waals surface area contributed by atoms with Crippen molar-refractivity contribution < 1.29 is 4.79 Å². The summed E-state index contributed by atoms with van der Waals surface area (Å²) in [5.41, 5.74) is 1.11. The minimum atomic E-state index is 0.637. The van der Waals surface area contributed by atoms with E-state index in [0.29, 0.717) is 11.4 Å². The molecule has 2 rings (SSSR count). The zero-order valence-electron chi connectivity index (χ0n) is 9.26. The normalized spacial score (nSPS) is 10.2. The van der Waals surface area contributed by atoms with Crippen LogP contribution in [0.2, 0.25) is 5.02 Å². The van der Waals surface area contributed by atoms with Crippen molar-refractivity contribution in [1.29, 1.82) is 0 Å². The molecule has 0 N–H and O–H groups in total. The third kappa shape index (κ3) is 3.05. The molecular formula is C12H11ClN2OS. The van der Waals surface area contributed by atoms with Gasteiger partial charge in [-0.1, -0.05) is 35.1 Å². The van der Waals surface area contributed by atoms with E-state index in [-0.39, 0.29) is 0 Å². The average Bonchev–Trinajstić information content (AvgIpc) is 2.77. The molecule has 88 valence electrons. The van der Waals surface area contributed by atoms with Gasteiger partial charge < -0.3 is 4.90 Å². The second-order valence-corrected chi connectivity index (χ2v) is 5.13. The molecule has 0 aliphatic carbocycles. The van der Waals surface area contributed by atoms with Crippen molar-refractivity contribution in [2.24, 2.45) is 0 Å². The number of halogens is 1. The topological polar surface area (TPSA) is 33.2 Å². The summed E-state index contributed by atoms with van der Waals surface area (Å²) in [7, 11) is 1.94. The number of nitrogens with zero attached hydrogens (tertiary/aromatic N) is 2. The van der Waals surface area contributed by atoms with Crippen LogP contribution in [0.4, 0.5) is 5.13 Å². The lowest BCUT2D eigenvalue weighted by molar-refractivity contribution is 0.112. The largest absolute Gasteiger partial charge is 0.347 e. The number of anilines is 1. The third-order valence-corrected chi connectivity index (χ3v) is 3.53. The van der Waals surface area contributed by atoms with Crippen LogP contribution in [0.3, 0.4) is 0 Å². The lowest BCUT2D eigenvalue weighted by atomic mass is 10.2. The molecule has 5 heteroatoms. The van der Waals surface area contributed by atoms with Gasteiger partial charge in [-0.05, 0) is 17.7 Å². The summed E-state index contributed by atoms with van der Waals surface area (Å²) < 4.78 is 0. The molecule has 0 amide bonds. The van der Waals surface area contributed by atoms with Crippen molar-refractivity contribution in [3.63, 3.8) is 0 Å². The van der Waals surface area contributed by atoms with Gasteiger partial charge in [-0.25, -0.2) is 4.98 Å². The predicted octanol–water partition coefficient (Wildman–Crippen LogP) is 3.25. The molecule has 1 aromatic carbocycles. The Morgan fingerprint density at radius 3 is 3.00 bits per heavy atom. The highest BCUT2D eigenvalue weighted by Gasteiger charge is 2.07. The number of hydrogen-bond acceptors (Lipinski definition) is 4. The van der Waals surface area contributed by atoms with E-state index in [4.69, 9.17) is 11.6 Å². The first-order chi connectivity index (χ1) is 8.19. The molecule has 0 bridgehead atoms. The van der Waals surface area contributed by atoms with Crippen LogP contribution in [0.5, 0.6) is 0 Å². The molecule has 0 atom stereocenters. The molecule has 17 heavy (non-hydrogen) atoms. The summed E-state index contributed by atoms with van der Waals surface area (Å²) >= 11 is 7.30. The minimum Gasteiger partial charge on any atom is -0.347 e. The van der Waals surface area contributed by atoms with Gasteiger partial charge in [-0.3, -0.25) is 4.79 Å². The summed E-state index contributed by atoms with van der Waals surface area (Å²) in [6.45, 7) is 0.715. The summed E-state index contributed by atoms with van der Waals surface area (Å²) in [5, 5.41) is 1.55. The molecule has 2 aromatic rings. The summed E-state index contributed by atoms with van der Waals surface area (Å²) in [6, 6.07) is 7.70. The van der Waals surface area contributed by atoms with Crippen molar-refractivity contribution in [3.05, 3.63) is 45.9 Å². The molecule has 3 nitrogen and oxygen atoms in total. The molecule has 0 aliphatic heterocycles. The number of rotatable bonds is 4. The van der Waals surface area contributed by atoms with Crippen LogP contribution in [0.25, 0.3) is 0 Å².